The van der Waals surface area contributed by atoms with E-state index in [-0.39, 0.29) is 5.04 Å². The highest BCUT2D eigenvalue weighted by Crippen LogP contribution is 2.37. The van der Waals surface area contributed by atoms with Crippen molar-refractivity contribution in [3.8, 4) is 22.8 Å². The van der Waals surface area contributed by atoms with Crippen LogP contribution in [0.3, 0.4) is 0 Å². The lowest BCUT2D eigenvalue weighted by Gasteiger charge is -2.35. The smallest absolute Gasteiger partial charge is 0.192 e. The van der Waals surface area contributed by atoms with Crippen molar-refractivity contribution in [1.29, 1.82) is 0 Å². The molecule has 0 amide bonds. The van der Waals surface area contributed by atoms with Crippen LogP contribution in [0.4, 0.5) is 0 Å². The molecule has 0 unspecified atom stereocenters. The van der Waals surface area contributed by atoms with Crippen molar-refractivity contribution in [1.82, 2.24) is 0 Å². The molecule has 2 aromatic rings. The van der Waals surface area contributed by atoms with E-state index in [9.17, 15) is 0 Å². The molecule has 0 N–H and O–H groups in total. The molecule has 0 spiro atoms. The number of ether oxygens (including phenoxy) is 2. The number of rotatable bonds is 6. The highest BCUT2D eigenvalue weighted by Gasteiger charge is 2.37. The van der Waals surface area contributed by atoms with Gasteiger partial charge in [-0.3, -0.25) is 0 Å². The summed E-state index contributed by atoms with van der Waals surface area (Å²) in [7, 11) is 1.49. The van der Waals surface area contributed by atoms with Gasteiger partial charge in [0, 0.05) is 11.6 Å². The van der Waals surface area contributed by atoms with Crippen molar-refractivity contribution in [3.63, 3.8) is 0 Å². The van der Waals surface area contributed by atoms with Crippen molar-refractivity contribution < 1.29 is 18.3 Å². The summed E-state index contributed by atoms with van der Waals surface area (Å²) in [5.41, 5.74) is 0.921. The van der Waals surface area contributed by atoms with Gasteiger partial charge in [0.15, 0.2) is 8.32 Å². The predicted molar refractivity (Wildman–Crippen MR) is 99.2 cm³/mol. The maximum absolute atomic E-state index is 6.21. The standard InChI is InChI=1S/C19H28O4Si/c1-19(2,3)24(6,7)22-13-15-8-9-18(23-15)14-10-16(20-4)12-17(11-14)21-5/h8-12H,13H2,1-7H3. The summed E-state index contributed by atoms with van der Waals surface area (Å²) in [5.74, 6) is 3.08. The van der Waals surface area contributed by atoms with Crippen LogP contribution in [0.5, 0.6) is 11.5 Å². The minimum absolute atomic E-state index is 0.183. The number of hydrogen-bond acceptors (Lipinski definition) is 4. The molecule has 0 aliphatic rings. The summed E-state index contributed by atoms with van der Waals surface area (Å²) in [6.07, 6.45) is 0. The van der Waals surface area contributed by atoms with E-state index in [2.05, 4.69) is 33.9 Å². The zero-order valence-electron chi connectivity index (χ0n) is 15.7. The Morgan fingerprint density at radius 1 is 0.958 bits per heavy atom. The van der Waals surface area contributed by atoms with Crippen LogP contribution >= 0.6 is 0 Å². The van der Waals surface area contributed by atoms with Crippen LogP contribution in [0.15, 0.2) is 34.7 Å². The zero-order valence-corrected chi connectivity index (χ0v) is 16.7. The van der Waals surface area contributed by atoms with Gasteiger partial charge in [0.2, 0.25) is 0 Å². The van der Waals surface area contributed by atoms with E-state index in [1.165, 1.54) is 0 Å². The SMILES string of the molecule is COc1cc(OC)cc(-c2ccc(CO[Si](C)(C)C(C)(C)C)o2)c1. The van der Waals surface area contributed by atoms with Crippen LogP contribution in [0.25, 0.3) is 11.3 Å². The molecule has 2 rings (SSSR count). The van der Waals surface area contributed by atoms with Crippen LogP contribution in [-0.2, 0) is 11.0 Å². The molecule has 0 aliphatic carbocycles. The number of hydrogen-bond donors (Lipinski definition) is 0. The maximum atomic E-state index is 6.21. The lowest BCUT2D eigenvalue weighted by Crippen LogP contribution is -2.40. The second kappa shape index (κ2) is 7.03. The molecule has 1 aromatic heterocycles. The number of furan rings is 1. The Balaban J connectivity index is 2.17. The van der Waals surface area contributed by atoms with Gasteiger partial charge in [-0.25, -0.2) is 0 Å². The molecule has 24 heavy (non-hydrogen) atoms. The fourth-order valence-electron chi connectivity index (χ4n) is 2.03. The summed E-state index contributed by atoms with van der Waals surface area (Å²) in [6, 6.07) is 9.63. The normalized spacial score (nSPS) is 12.3. The van der Waals surface area contributed by atoms with Crippen molar-refractivity contribution >= 4 is 8.32 Å². The third-order valence-corrected chi connectivity index (χ3v) is 9.16. The average Bonchev–Trinajstić information content (AvgIpc) is 3.00. The highest BCUT2D eigenvalue weighted by atomic mass is 28.4. The predicted octanol–water partition coefficient (Wildman–Crippen LogP) is 5.49. The first-order chi connectivity index (χ1) is 11.2. The maximum Gasteiger partial charge on any atom is 0.192 e. The second-order valence-electron chi connectivity index (χ2n) is 7.42. The summed E-state index contributed by atoms with van der Waals surface area (Å²) in [5, 5.41) is 0.183. The van der Waals surface area contributed by atoms with Crippen molar-refractivity contribution in [3.05, 3.63) is 36.1 Å². The lowest BCUT2D eigenvalue weighted by atomic mass is 10.1. The highest BCUT2D eigenvalue weighted by molar-refractivity contribution is 6.74. The molecule has 132 valence electrons. The second-order valence-corrected chi connectivity index (χ2v) is 12.2. The van der Waals surface area contributed by atoms with E-state index in [0.29, 0.717) is 6.61 Å². The Hall–Kier alpha value is -1.72. The number of benzene rings is 1. The van der Waals surface area contributed by atoms with Crippen molar-refractivity contribution in [2.45, 2.75) is 45.5 Å². The monoisotopic (exact) mass is 348 g/mol. The third kappa shape index (κ3) is 4.22. The van der Waals surface area contributed by atoms with E-state index in [1.54, 1.807) is 14.2 Å². The molecule has 0 fully saturated rings. The van der Waals surface area contributed by atoms with Crippen LogP contribution < -0.4 is 9.47 Å². The first-order valence-electron chi connectivity index (χ1n) is 8.12. The van der Waals surface area contributed by atoms with Gasteiger partial charge in [-0.05, 0) is 42.4 Å². The minimum Gasteiger partial charge on any atom is -0.497 e. The molecular formula is C19H28O4Si. The van der Waals surface area contributed by atoms with Crippen LogP contribution in [0.2, 0.25) is 18.1 Å². The third-order valence-electron chi connectivity index (χ3n) is 4.68. The van der Waals surface area contributed by atoms with Gasteiger partial charge in [-0.15, -0.1) is 0 Å². The molecule has 1 aromatic carbocycles. The molecule has 0 atom stereocenters. The molecule has 0 aliphatic heterocycles. The summed E-state index contributed by atoms with van der Waals surface area (Å²) >= 11 is 0. The Bertz CT molecular complexity index is 661. The lowest BCUT2D eigenvalue weighted by molar-refractivity contribution is 0.247. The summed E-state index contributed by atoms with van der Waals surface area (Å²) < 4.78 is 22.8. The zero-order chi connectivity index (χ0) is 18.0. The van der Waals surface area contributed by atoms with Crippen LogP contribution in [0.1, 0.15) is 26.5 Å². The molecule has 0 saturated heterocycles. The van der Waals surface area contributed by atoms with E-state index in [1.807, 2.05) is 30.3 Å². The van der Waals surface area contributed by atoms with Gasteiger partial charge in [0.1, 0.15) is 23.0 Å². The van der Waals surface area contributed by atoms with Gasteiger partial charge in [0.05, 0.1) is 20.8 Å². The summed E-state index contributed by atoms with van der Waals surface area (Å²) in [6.45, 7) is 11.7. The minimum atomic E-state index is -1.79. The van der Waals surface area contributed by atoms with Gasteiger partial charge < -0.3 is 18.3 Å². The van der Waals surface area contributed by atoms with Gasteiger partial charge in [0.25, 0.3) is 0 Å². The Labute approximate surface area is 145 Å². The molecule has 0 bridgehead atoms. The van der Waals surface area contributed by atoms with Gasteiger partial charge in [-0.1, -0.05) is 20.8 Å². The van der Waals surface area contributed by atoms with E-state index in [4.69, 9.17) is 18.3 Å². The molecular weight excluding hydrogens is 320 g/mol. The fraction of sp³-hybridized carbons (Fsp3) is 0.474. The van der Waals surface area contributed by atoms with Crippen LogP contribution in [0, 0.1) is 0 Å². The van der Waals surface area contributed by atoms with E-state index in [0.717, 1.165) is 28.6 Å². The van der Waals surface area contributed by atoms with E-state index >= 15 is 0 Å². The average molecular weight is 349 g/mol. The fourth-order valence-corrected chi connectivity index (χ4v) is 2.96. The molecule has 5 heteroatoms. The molecule has 0 radical (unpaired) electrons. The van der Waals surface area contributed by atoms with Gasteiger partial charge >= 0.3 is 0 Å². The largest absolute Gasteiger partial charge is 0.497 e. The Kier molecular flexibility index (Phi) is 5.45. The molecule has 0 saturated carbocycles. The molecule has 1 heterocycles. The number of methoxy groups -OCH3 is 2. The summed E-state index contributed by atoms with van der Waals surface area (Å²) in [4.78, 5) is 0. The Morgan fingerprint density at radius 3 is 2.04 bits per heavy atom. The first kappa shape index (κ1) is 18.6. The Morgan fingerprint density at radius 2 is 1.54 bits per heavy atom. The van der Waals surface area contributed by atoms with Crippen molar-refractivity contribution in [2.24, 2.45) is 0 Å². The quantitative estimate of drug-likeness (QED) is 0.648. The van der Waals surface area contributed by atoms with Crippen LogP contribution in [-0.4, -0.2) is 22.5 Å². The molecule has 4 nitrogen and oxygen atoms in total. The van der Waals surface area contributed by atoms with E-state index < -0.39 is 8.32 Å². The first-order valence-corrected chi connectivity index (χ1v) is 11.0. The van der Waals surface area contributed by atoms with Gasteiger partial charge in [-0.2, -0.15) is 0 Å². The van der Waals surface area contributed by atoms with Crippen molar-refractivity contribution in [2.75, 3.05) is 14.2 Å². The topological polar surface area (TPSA) is 40.8 Å².